The van der Waals surface area contributed by atoms with Crippen molar-refractivity contribution in [1.29, 1.82) is 0 Å². The Labute approximate surface area is 204 Å². The minimum atomic E-state index is -0.164. The van der Waals surface area contributed by atoms with Crippen molar-refractivity contribution in [1.82, 2.24) is 4.98 Å². The summed E-state index contributed by atoms with van der Waals surface area (Å²) in [7, 11) is 0. The predicted molar refractivity (Wildman–Crippen MR) is 141 cm³/mol. The molecule has 0 fully saturated rings. The molecule has 0 aliphatic carbocycles. The number of carbonyl (C=O) groups is 1. The van der Waals surface area contributed by atoms with E-state index in [0.29, 0.717) is 16.3 Å². The molecule has 5 heteroatoms. The van der Waals surface area contributed by atoms with Crippen molar-refractivity contribution >= 4 is 35.0 Å². The number of halogens is 1. The highest BCUT2D eigenvalue weighted by atomic mass is 35.5. The van der Waals surface area contributed by atoms with Crippen LogP contribution in [0.2, 0.25) is 5.02 Å². The van der Waals surface area contributed by atoms with E-state index in [1.807, 2.05) is 48.7 Å². The minimum absolute atomic E-state index is 0.164. The average molecular weight is 473 g/mol. The van der Waals surface area contributed by atoms with E-state index in [1.54, 1.807) is 24.0 Å². The number of nitrogens with one attached hydrogen (secondary N) is 1. The second-order valence-corrected chi connectivity index (χ2v) is 9.30. The molecule has 0 spiro atoms. The fraction of sp³-hybridized carbons (Fsp3) is 0.143. The van der Waals surface area contributed by atoms with Gasteiger partial charge in [-0.3, -0.25) is 9.78 Å². The maximum atomic E-state index is 13.4. The van der Waals surface area contributed by atoms with Gasteiger partial charge in [-0.15, -0.1) is 11.8 Å². The summed E-state index contributed by atoms with van der Waals surface area (Å²) in [5.74, 6) is -0.164. The van der Waals surface area contributed by atoms with Crippen LogP contribution in [0.4, 0.5) is 5.69 Å². The Kier molecular flexibility index (Phi) is 6.87. The standard InChI is InChI=1S/C28H25ClN2OS/c1-17-13-20(14-18(2)19(17)3)24-16-22(33-4)9-10-23(24)28(32)31-21-8-11-26(29)25(15-21)27-7-5-6-12-30-27/h5-16H,1-4H3,(H,31,32). The Hall–Kier alpha value is -3.08. The molecule has 0 aliphatic rings. The third-order valence-corrected chi connectivity index (χ3v) is 6.93. The molecule has 0 bridgehead atoms. The van der Waals surface area contributed by atoms with Crippen molar-refractivity contribution in [3.8, 4) is 22.4 Å². The fourth-order valence-electron chi connectivity index (χ4n) is 3.80. The summed E-state index contributed by atoms with van der Waals surface area (Å²) >= 11 is 8.07. The van der Waals surface area contributed by atoms with Gasteiger partial charge in [0.25, 0.3) is 5.91 Å². The highest BCUT2D eigenvalue weighted by molar-refractivity contribution is 7.98. The first-order chi connectivity index (χ1) is 15.9. The average Bonchev–Trinajstić information content (AvgIpc) is 2.83. The van der Waals surface area contributed by atoms with Gasteiger partial charge in [0.1, 0.15) is 0 Å². The third kappa shape index (κ3) is 4.97. The number of pyridine rings is 1. The quantitative estimate of drug-likeness (QED) is 0.299. The summed E-state index contributed by atoms with van der Waals surface area (Å²) in [4.78, 5) is 18.9. The molecule has 0 unspecified atom stereocenters. The van der Waals surface area contributed by atoms with E-state index >= 15 is 0 Å². The normalized spacial score (nSPS) is 10.8. The predicted octanol–water partition coefficient (Wildman–Crippen LogP) is 7.97. The SMILES string of the molecule is CSc1ccc(C(=O)Nc2ccc(Cl)c(-c3ccccn3)c2)c(-c2cc(C)c(C)c(C)c2)c1. The van der Waals surface area contributed by atoms with Crippen LogP contribution < -0.4 is 5.32 Å². The van der Waals surface area contributed by atoms with Crippen molar-refractivity contribution in [2.45, 2.75) is 25.7 Å². The number of rotatable bonds is 5. The number of aromatic nitrogens is 1. The molecule has 1 heterocycles. The molecule has 0 saturated heterocycles. The zero-order chi connectivity index (χ0) is 23.5. The number of anilines is 1. The van der Waals surface area contributed by atoms with Gasteiger partial charge in [0.05, 0.1) is 10.7 Å². The topological polar surface area (TPSA) is 42.0 Å². The second-order valence-electron chi connectivity index (χ2n) is 8.01. The number of carbonyl (C=O) groups excluding carboxylic acids is 1. The monoisotopic (exact) mass is 472 g/mol. The molecule has 1 N–H and O–H groups in total. The molecule has 33 heavy (non-hydrogen) atoms. The molecule has 0 radical (unpaired) electrons. The van der Waals surface area contributed by atoms with Crippen LogP contribution in [-0.2, 0) is 0 Å². The first kappa shape index (κ1) is 23.1. The van der Waals surface area contributed by atoms with Gasteiger partial charge >= 0.3 is 0 Å². The minimum Gasteiger partial charge on any atom is -0.322 e. The molecule has 3 aromatic carbocycles. The molecule has 166 valence electrons. The Morgan fingerprint density at radius 3 is 2.33 bits per heavy atom. The maximum absolute atomic E-state index is 13.4. The lowest BCUT2D eigenvalue weighted by Crippen LogP contribution is -2.13. The number of nitrogens with zero attached hydrogens (tertiary/aromatic N) is 1. The molecular formula is C28H25ClN2OS. The Morgan fingerprint density at radius 1 is 0.909 bits per heavy atom. The fourth-order valence-corrected chi connectivity index (χ4v) is 4.45. The number of aryl methyl sites for hydroxylation is 2. The van der Waals surface area contributed by atoms with E-state index in [4.69, 9.17) is 11.6 Å². The lowest BCUT2D eigenvalue weighted by molar-refractivity contribution is 0.102. The van der Waals surface area contributed by atoms with Gasteiger partial charge in [0.2, 0.25) is 0 Å². The summed E-state index contributed by atoms with van der Waals surface area (Å²) in [5, 5.41) is 3.64. The van der Waals surface area contributed by atoms with E-state index in [-0.39, 0.29) is 5.91 Å². The summed E-state index contributed by atoms with van der Waals surface area (Å²) in [5.41, 5.74) is 8.49. The van der Waals surface area contributed by atoms with Gasteiger partial charge in [-0.05, 0) is 103 Å². The van der Waals surface area contributed by atoms with Crippen LogP contribution in [0.15, 0.2) is 77.8 Å². The molecule has 0 saturated carbocycles. The van der Waals surface area contributed by atoms with Crippen LogP contribution in [-0.4, -0.2) is 17.1 Å². The zero-order valence-electron chi connectivity index (χ0n) is 19.1. The summed E-state index contributed by atoms with van der Waals surface area (Å²) in [6, 6.07) is 21.4. The van der Waals surface area contributed by atoms with Crippen LogP contribution in [0.3, 0.4) is 0 Å². The summed E-state index contributed by atoms with van der Waals surface area (Å²) in [6.07, 6.45) is 3.76. The smallest absolute Gasteiger partial charge is 0.256 e. The van der Waals surface area contributed by atoms with Crippen molar-refractivity contribution in [2.24, 2.45) is 0 Å². The Morgan fingerprint density at radius 2 is 1.67 bits per heavy atom. The van der Waals surface area contributed by atoms with Crippen molar-refractivity contribution < 1.29 is 4.79 Å². The molecule has 4 rings (SSSR count). The largest absolute Gasteiger partial charge is 0.322 e. The van der Waals surface area contributed by atoms with Gasteiger partial charge in [0.15, 0.2) is 0 Å². The van der Waals surface area contributed by atoms with E-state index in [9.17, 15) is 4.79 Å². The molecule has 1 amide bonds. The van der Waals surface area contributed by atoms with Crippen molar-refractivity contribution in [3.05, 3.63) is 100 Å². The third-order valence-electron chi connectivity index (χ3n) is 5.87. The van der Waals surface area contributed by atoms with Crippen LogP contribution in [0.1, 0.15) is 27.0 Å². The van der Waals surface area contributed by atoms with Crippen LogP contribution in [0, 0.1) is 20.8 Å². The Bertz CT molecular complexity index is 1310. The first-order valence-electron chi connectivity index (χ1n) is 10.7. The lowest BCUT2D eigenvalue weighted by Gasteiger charge is -2.15. The van der Waals surface area contributed by atoms with E-state index in [2.05, 4.69) is 49.3 Å². The van der Waals surface area contributed by atoms with Crippen molar-refractivity contribution in [2.75, 3.05) is 11.6 Å². The molecule has 0 atom stereocenters. The lowest BCUT2D eigenvalue weighted by atomic mass is 9.93. The molecule has 0 aliphatic heterocycles. The van der Waals surface area contributed by atoms with Crippen molar-refractivity contribution in [3.63, 3.8) is 0 Å². The van der Waals surface area contributed by atoms with E-state index in [1.165, 1.54) is 16.7 Å². The highest BCUT2D eigenvalue weighted by Gasteiger charge is 2.16. The van der Waals surface area contributed by atoms with Crippen LogP contribution in [0.5, 0.6) is 0 Å². The number of hydrogen-bond acceptors (Lipinski definition) is 3. The molecular weight excluding hydrogens is 448 g/mol. The maximum Gasteiger partial charge on any atom is 0.256 e. The van der Waals surface area contributed by atoms with Gasteiger partial charge in [0, 0.05) is 27.9 Å². The van der Waals surface area contributed by atoms with E-state index < -0.39 is 0 Å². The summed E-state index contributed by atoms with van der Waals surface area (Å²) < 4.78 is 0. The van der Waals surface area contributed by atoms with Gasteiger partial charge in [-0.25, -0.2) is 0 Å². The Balaban J connectivity index is 1.73. The number of benzene rings is 3. The van der Waals surface area contributed by atoms with Gasteiger partial charge in [-0.1, -0.05) is 29.8 Å². The first-order valence-corrected chi connectivity index (χ1v) is 12.3. The number of thioether (sulfide) groups is 1. The molecule has 3 nitrogen and oxygen atoms in total. The van der Waals surface area contributed by atoms with Crippen LogP contribution >= 0.6 is 23.4 Å². The van der Waals surface area contributed by atoms with Gasteiger partial charge in [-0.2, -0.15) is 0 Å². The molecule has 4 aromatic rings. The van der Waals surface area contributed by atoms with E-state index in [0.717, 1.165) is 27.3 Å². The summed E-state index contributed by atoms with van der Waals surface area (Å²) in [6.45, 7) is 6.34. The highest BCUT2D eigenvalue weighted by Crippen LogP contribution is 2.33. The van der Waals surface area contributed by atoms with Gasteiger partial charge < -0.3 is 5.32 Å². The second kappa shape index (κ2) is 9.82. The van der Waals surface area contributed by atoms with Crippen LogP contribution in [0.25, 0.3) is 22.4 Å². The zero-order valence-corrected chi connectivity index (χ0v) is 20.6. The number of amides is 1. The number of hydrogen-bond donors (Lipinski definition) is 1. The molecule has 1 aromatic heterocycles.